The fraction of sp³-hybridized carbons (Fsp3) is 0.545. The van der Waals surface area contributed by atoms with Gasteiger partial charge in [-0.2, -0.15) is 0 Å². The Bertz CT molecular complexity index is 332. The summed E-state index contributed by atoms with van der Waals surface area (Å²) in [6, 6.07) is 3.48. The van der Waals surface area contributed by atoms with Gasteiger partial charge in [-0.25, -0.2) is 9.37 Å². The summed E-state index contributed by atoms with van der Waals surface area (Å²) in [7, 11) is 0. The molecule has 2 rings (SSSR count). The van der Waals surface area contributed by atoms with Crippen LogP contribution in [0.25, 0.3) is 0 Å². The molecule has 0 bridgehead atoms. The summed E-state index contributed by atoms with van der Waals surface area (Å²) in [4.78, 5) is 6.21. The predicted molar refractivity (Wildman–Crippen MR) is 63.0 cm³/mol. The van der Waals surface area contributed by atoms with Crippen molar-refractivity contribution in [3.8, 4) is 0 Å². The number of piperidine rings is 1. The van der Waals surface area contributed by atoms with Crippen molar-refractivity contribution < 1.29 is 4.39 Å². The zero-order valence-corrected chi connectivity index (χ0v) is 10.1. The number of pyridine rings is 1. The molecule has 1 unspecified atom stereocenters. The summed E-state index contributed by atoms with van der Waals surface area (Å²) in [5, 5.41) is 0.878. The summed E-state index contributed by atoms with van der Waals surface area (Å²) >= 11 is 3.48. The fourth-order valence-corrected chi connectivity index (χ4v) is 2.70. The number of alkyl halides is 1. The van der Waals surface area contributed by atoms with E-state index in [0.717, 1.165) is 24.7 Å². The Morgan fingerprint density at radius 3 is 3.13 bits per heavy atom. The third kappa shape index (κ3) is 2.30. The normalized spacial score (nSPS) is 21.7. The molecule has 4 heteroatoms. The Morgan fingerprint density at radius 1 is 1.53 bits per heavy atom. The molecule has 0 aliphatic carbocycles. The maximum Gasteiger partial charge on any atom is 0.165 e. The quantitative estimate of drug-likeness (QED) is 0.770. The summed E-state index contributed by atoms with van der Waals surface area (Å²) in [6.45, 7) is 0.907. The van der Waals surface area contributed by atoms with E-state index in [4.69, 9.17) is 0 Å². The van der Waals surface area contributed by atoms with E-state index in [9.17, 15) is 4.39 Å². The van der Waals surface area contributed by atoms with E-state index in [1.54, 1.807) is 12.3 Å². The molecule has 1 aromatic rings. The second kappa shape index (κ2) is 4.92. The van der Waals surface area contributed by atoms with E-state index in [1.165, 1.54) is 12.5 Å². The molecule has 1 fully saturated rings. The van der Waals surface area contributed by atoms with Crippen LogP contribution in [0.3, 0.4) is 0 Å². The molecule has 0 amide bonds. The molecule has 1 saturated heterocycles. The van der Waals surface area contributed by atoms with Crippen molar-refractivity contribution in [1.29, 1.82) is 0 Å². The van der Waals surface area contributed by atoms with Gasteiger partial charge in [0.15, 0.2) is 11.6 Å². The minimum absolute atomic E-state index is 0.217. The van der Waals surface area contributed by atoms with E-state index in [0.29, 0.717) is 11.9 Å². The second-order valence-corrected chi connectivity index (χ2v) is 4.45. The molecule has 1 aliphatic rings. The number of hydrogen-bond acceptors (Lipinski definition) is 2. The van der Waals surface area contributed by atoms with E-state index in [-0.39, 0.29) is 5.82 Å². The number of anilines is 1. The molecule has 0 N–H and O–H groups in total. The third-order valence-electron chi connectivity index (χ3n) is 2.82. The lowest BCUT2D eigenvalue weighted by Crippen LogP contribution is -2.41. The molecule has 1 aromatic heterocycles. The lowest BCUT2D eigenvalue weighted by atomic mass is 10.0. The highest BCUT2D eigenvalue weighted by Gasteiger charge is 2.24. The van der Waals surface area contributed by atoms with Gasteiger partial charge in [-0.15, -0.1) is 0 Å². The van der Waals surface area contributed by atoms with Crippen LogP contribution in [0.5, 0.6) is 0 Å². The van der Waals surface area contributed by atoms with Crippen LogP contribution in [0.15, 0.2) is 18.3 Å². The molecule has 15 heavy (non-hydrogen) atoms. The molecule has 2 nitrogen and oxygen atoms in total. The van der Waals surface area contributed by atoms with Crippen molar-refractivity contribution >= 4 is 21.7 Å². The fourth-order valence-electron chi connectivity index (χ4n) is 2.03. The lowest BCUT2D eigenvalue weighted by molar-refractivity contribution is 0.476. The number of rotatable bonds is 2. The van der Waals surface area contributed by atoms with Crippen LogP contribution in [-0.4, -0.2) is 22.9 Å². The van der Waals surface area contributed by atoms with Crippen LogP contribution < -0.4 is 4.90 Å². The first-order chi connectivity index (χ1) is 7.33. The maximum atomic E-state index is 13.6. The van der Waals surface area contributed by atoms with Gasteiger partial charge < -0.3 is 4.90 Å². The molecule has 1 atom stereocenters. The molecule has 0 aromatic carbocycles. The van der Waals surface area contributed by atoms with Gasteiger partial charge in [-0.3, -0.25) is 0 Å². The Hall–Kier alpha value is -0.640. The highest BCUT2D eigenvalue weighted by atomic mass is 79.9. The first kappa shape index (κ1) is 10.9. The minimum Gasteiger partial charge on any atom is -0.350 e. The molecule has 1 aliphatic heterocycles. The van der Waals surface area contributed by atoms with Crippen molar-refractivity contribution in [3.05, 3.63) is 24.1 Å². The van der Waals surface area contributed by atoms with E-state index in [2.05, 4.69) is 25.8 Å². The van der Waals surface area contributed by atoms with Gasteiger partial charge in [0.1, 0.15) is 0 Å². The molecule has 0 radical (unpaired) electrons. The van der Waals surface area contributed by atoms with Gasteiger partial charge in [0.25, 0.3) is 0 Å². The number of halogens is 2. The molecular formula is C11H14BrFN2. The van der Waals surface area contributed by atoms with Crippen LogP contribution in [0.1, 0.15) is 19.3 Å². The van der Waals surface area contributed by atoms with Crippen molar-refractivity contribution in [1.82, 2.24) is 4.98 Å². The summed E-state index contributed by atoms with van der Waals surface area (Å²) < 4.78 is 13.6. The van der Waals surface area contributed by atoms with E-state index >= 15 is 0 Å². The molecular weight excluding hydrogens is 259 g/mol. The van der Waals surface area contributed by atoms with Gasteiger partial charge in [0.05, 0.1) is 0 Å². The van der Waals surface area contributed by atoms with Gasteiger partial charge in [0, 0.05) is 24.1 Å². The van der Waals surface area contributed by atoms with Crippen molar-refractivity contribution in [2.75, 3.05) is 16.8 Å². The van der Waals surface area contributed by atoms with Crippen LogP contribution in [0.2, 0.25) is 0 Å². The Labute approximate surface area is 97.6 Å². The standard InChI is InChI=1S/C11H14BrFN2/c12-8-9-4-1-2-7-15(9)11-10(13)5-3-6-14-11/h3,5-6,9H,1-2,4,7-8H2. The summed E-state index contributed by atoms with van der Waals surface area (Å²) in [6.07, 6.45) is 5.11. The lowest BCUT2D eigenvalue weighted by Gasteiger charge is -2.35. The van der Waals surface area contributed by atoms with E-state index in [1.807, 2.05) is 0 Å². The van der Waals surface area contributed by atoms with Gasteiger partial charge >= 0.3 is 0 Å². The van der Waals surface area contributed by atoms with Gasteiger partial charge in [-0.05, 0) is 31.4 Å². The smallest absolute Gasteiger partial charge is 0.165 e. The average Bonchev–Trinajstić information content (AvgIpc) is 2.30. The topological polar surface area (TPSA) is 16.1 Å². The molecule has 0 saturated carbocycles. The minimum atomic E-state index is -0.217. The predicted octanol–water partition coefficient (Wildman–Crippen LogP) is 2.97. The average molecular weight is 273 g/mol. The Kier molecular flexibility index (Phi) is 3.57. The summed E-state index contributed by atoms with van der Waals surface area (Å²) in [5.74, 6) is 0.284. The van der Waals surface area contributed by atoms with Gasteiger partial charge in [0.2, 0.25) is 0 Å². The molecule has 2 heterocycles. The molecule has 0 spiro atoms. The second-order valence-electron chi connectivity index (χ2n) is 3.81. The summed E-state index contributed by atoms with van der Waals surface area (Å²) in [5.41, 5.74) is 0. The van der Waals surface area contributed by atoms with Crippen LogP contribution in [0.4, 0.5) is 10.2 Å². The maximum absolute atomic E-state index is 13.6. The zero-order valence-electron chi connectivity index (χ0n) is 8.50. The Morgan fingerprint density at radius 2 is 2.40 bits per heavy atom. The molecule has 82 valence electrons. The Balaban J connectivity index is 2.24. The van der Waals surface area contributed by atoms with E-state index < -0.39 is 0 Å². The van der Waals surface area contributed by atoms with Crippen LogP contribution in [-0.2, 0) is 0 Å². The first-order valence-electron chi connectivity index (χ1n) is 5.26. The van der Waals surface area contributed by atoms with Crippen molar-refractivity contribution in [3.63, 3.8) is 0 Å². The number of aromatic nitrogens is 1. The monoisotopic (exact) mass is 272 g/mol. The van der Waals surface area contributed by atoms with Gasteiger partial charge in [-0.1, -0.05) is 15.9 Å². The largest absolute Gasteiger partial charge is 0.350 e. The van der Waals surface area contributed by atoms with Crippen molar-refractivity contribution in [2.45, 2.75) is 25.3 Å². The zero-order chi connectivity index (χ0) is 10.7. The third-order valence-corrected chi connectivity index (χ3v) is 3.56. The first-order valence-corrected chi connectivity index (χ1v) is 6.38. The SMILES string of the molecule is Fc1cccnc1N1CCCCC1CBr. The van der Waals surface area contributed by atoms with Crippen molar-refractivity contribution in [2.24, 2.45) is 0 Å². The highest BCUT2D eigenvalue weighted by molar-refractivity contribution is 9.09. The van der Waals surface area contributed by atoms with Crippen LogP contribution in [0, 0.1) is 5.82 Å². The highest BCUT2D eigenvalue weighted by Crippen LogP contribution is 2.25. The number of hydrogen-bond donors (Lipinski definition) is 0. The van der Waals surface area contributed by atoms with Crippen LogP contribution >= 0.6 is 15.9 Å². The number of nitrogens with zero attached hydrogens (tertiary/aromatic N) is 2.